The second kappa shape index (κ2) is 9.95. The molecular weight excluding hydrogens is 404 g/mol. The van der Waals surface area contributed by atoms with Crippen molar-refractivity contribution in [2.75, 3.05) is 51.8 Å². The van der Waals surface area contributed by atoms with Crippen LogP contribution in [0.4, 0.5) is 0 Å². The molecule has 30 heavy (non-hydrogen) atoms. The molecule has 0 spiro atoms. The zero-order chi connectivity index (χ0) is 21.6. The van der Waals surface area contributed by atoms with Crippen molar-refractivity contribution in [3.8, 4) is 11.5 Å². The number of ether oxygens (including phenoxy) is 2. The van der Waals surface area contributed by atoms with Gasteiger partial charge in [0.2, 0.25) is 0 Å². The average molecular weight is 433 g/mol. The Labute approximate surface area is 178 Å². The third kappa shape index (κ3) is 6.21. The van der Waals surface area contributed by atoms with Gasteiger partial charge in [0.15, 0.2) is 11.5 Å². The quantitative estimate of drug-likeness (QED) is 0.636. The van der Waals surface area contributed by atoms with Crippen molar-refractivity contribution < 1.29 is 22.7 Å². The zero-order valence-corrected chi connectivity index (χ0v) is 18.2. The van der Waals surface area contributed by atoms with Crippen LogP contribution in [0.25, 0.3) is 0 Å². The third-order valence-electron chi connectivity index (χ3n) is 5.09. The van der Waals surface area contributed by atoms with Crippen molar-refractivity contribution in [3.05, 3.63) is 59.7 Å². The molecule has 0 unspecified atom stereocenters. The van der Waals surface area contributed by atoms with Crippen LogP contribution in [0.5, 0.6) is 11.5 Å². The first-order valence-corrected chi connectivity index (χ1v) is 12.0. The summed E-state index contributed by atoms with van der Waals surface area (Å²) in [6, 6.07) is 15.1. The van der Waals surface area contributed by atoms with E-state index in [1.807, 2.05) is 30.3 Å². The topological polar surface area (TPSA) is 76.2 Å². The monoisotopic (exact) mass is 432 g/mol. The highest BCUT2D eigenvalue weighted by Crippen LogP contribution is 2.29. The second-order valence-corrected chi connectivity index (χ2v) is 9.66. The highest BCUT2D eigenvalue weighted by atomic mass is 32.2. The van der Waals surface area contributed by atoms with Crippen molar-refractivity contribution in [2.45, 2.75) is 6.61 Å². The summed E-state index contributed by atoms with van der Waals surface area (Å²) in [5.41, 5.74) is 1.59. The van der Waals surface area contributed by atoms with Crippen LogP contribution in [-0.2, 0) is 16.4 Å². The number of hydrogen-bond donors (Lipinski definition) is 0. The lowest BCUT2D eigenvalue weighted by atomic mass is 10.1. The van der Waals surface area contributed by atoms with E-state index in [2.05, 4.69) is 4.90 Å². The number of hydrogen-bond acceptors (Lipinski definition) is 6. The van der Waals surface area contributed by atoms with Crippen LogP contribution in [0.1, 0.15) is 15.9 Å². The molecule has 1 amide bonds. The summed E-state index contributed by atoms with van der Waals surface area (Å²) in [7, 11) is -1.42. The lowest BCUT2D eigenvalue weighted by Crippen LogP contribution is -2.49. The first-order chi connectivity index (χ1) is 14.4. The summed E-state index contributed by atoms with van der Waals surface area (Å²) in [6.07, 6.45) is 1.24. The molecule has 1 aliphatic rings. The van der Waals surface area contributed by atoms with Gasteiger partial charge < -0.3 is 14.4 Å². The number of nitrogens with zero attached hydrogens (tertiary/aromatic N) is 2. The van der Waals surface area contributed by atoms with Crippen LogP contribution >= 0.6 is 0 Å². The van der Waals surface area contributed by atoms with E-state index >= 15 is 0 Å². The Balaban J connectivity index is 1.58. The van der Waals surface area contributed by atoms with E-state index in [0.717, 1.165) is 5.56 Å². The Kier molecular flexibility index (Phi) is 7.33. The number of sulfone groups is 1. The van der Waals surface area contributed by atoms with Gasteiger partial charge in [-0.15, -0.1) is 0 Å². The summed E-state index contributed by atoms with van der Waals surface area (Å²) in [5, 5.41) is 0. The Morgan fingerprint density at radius 1 is 1.00 bits per heavy atom. The summed E-state index contributed by atoms with van der Waals surface area (Å²) < 4.78 is 34.0. The lowest BCUT2D eigenvalue weighted by Gasteiger charge is -2.34. The van der Waals surface area contributed by atoms with Gasteiger partial charge in [0.05, 0.1) is 12.9 Å². The van der Waals surface area contributed by atoms with Crippen molar-refractivity contribution in [1.82, 2.24) is 9.80 Å². The Bertz CT molecular complexity index is 955. The van der Waals surface area contributed by atoms with Crippen LogP contribution < -0.4 is 9.47 Å². The average Bonchev–Trinajstić information content (AvgIpc) is 2.76. The minimum atomic E-state index is -2.98. The number of methoxy groups -OCH3 is 1. The van der Waals surface area contributed by atoms with Gasteiger partial charge in [0, 0.05) is 44.5 Å². The number of carbonyl (C=O) groups is 1. The minimum Gasteiger partial charge on any atom is -0.493 e. The second-order valence-electron chi connectivity index (χ2n) is 7.40. The fourth-order valence-electron chi connectivity index (χ4n) is 3.31. The molecule has 1 fully saturated rings. The third-order valence-corrected chi connectivity index (χ3v) is 6.01. The molecule has 0 aromatic heterocycles. The van der Waals surface area contributed by atoms with Gasteiger partial charge in [-0.05, 0) is 23.8 Å². The maximum absolute atomic E-state index is 12.9. The molecule has 3 rings (SSSR count). The zero-order valence-electron chi connectivity index (χ0n) is 17.4. The number of rotatable bonds is 8. The van der Waals surface area contributed by atoms with Gasteiger partial charge in [-0.2, -0.15) is 0 Å². The van der Waals surface area contributed by atoms with Crippen molar-refractivity contribution in [1.29, 1.82) is 0 Å². The number of piperazine rings is 1. The predicted octanol–water partition coefficient (Wildman–Crippen LogP) is 2.08. The Morgan fingerprint density at radius 2 is 1.70 bits per heavy atom. The van der Waals surface area contributed by atoms with Crippen LogP contribution in [-0.4, -0.2) is 76.0 Å². The van der Waals surface area contributed by atoms with E-state index in [-0.39, 0.29) is 11.7 Å². The van der Waals surface area contributed by atoms with Crippen LogP contribution in [0.15, 0.2) is 48.5 Å². The largest absolute Gasteiger partial charge is 0.493 e. The molecule has 7 nitrogen and oxygen atoms in total. The molecule has 0 bridgehead atoms. The molecule has 8 heteroatoms. The number of benzene rings is 2. The smallest absolute Gasteiger partial charge is 0.254 e. The van der Waals surface area contributed by atoms with E-state index < -0.39 is 9.84 Å². The standard InChI is InChI=1S/C22H28N2O5S/c1-28-21-16-19(8-9-20(21)29-17-18-6-4-3-5-7-18)22(25)24-12-10-23(11-13-24)14-15-30(2,26)27/h3-9,16H,10-15,17H2,1-2H3. The fourth-order valence-corrected chi connectivity index (χ4v) is 3.90. The van der Waals surface area contributed by atoms with E-state index in [1.165, 1.54) is 6.26 Å². The SMILES string of the molecule is COc1cc(C(=O)N2CCN(CCS(C)(=O)=O)CC2)ccc1OCc1ccccc1. The molecule has 0 radical (unpaired) electrons. The van der Waals surface area contributed by atoms with Crippen molar-refractivity contribution >= 4 is 15.7 Å². The van der Waals surface area contributed by atoms with Crippen LogP contribution in [0.2, 0.25) is 0 Å². The summed E-state index contributed by atoms with van der Waals surface area (Å²) in [6.45, 7) is 3.38. The summed E-state index contributed by atoms with van der Waals surface area (Å²) >= 11 is 0. The number of amides is 1. The lowest BCUT2D eigenvalue weighted by molar-refractivity contribution is 0.0643. The Hall–Kier alpha value is -2.58. The van der Waals surface area contributed by atoms with Gasteiger partial charge in [0.25, 0.3) is 5.91 Å². The molecule has 0 atom stereocenters. The molecule has 2 aromatic rings. The molecule has 162 valence electrons. The van der Waals surface area contributed by atoms with Gasteiger partial charge in [-0.1, -0.05) is 30.3 Å². The first-order valence-electron chi connectivity index (χ1n) is 9.90. The number of carbonyl (C=O) groups excluding carboxylic acids is 1. The normalized spacial score (nSPS) is 15.1. The maximum Gasteiger partial charge on any atom is 0.254 e. The van der Waals surface area contributed by atoms with Crippen LogP contribution in [0.3, 0.4) is 0 Å². The molecule has 0 aliphatic carbocycles. The minimum absolute atomic E-state index is 0.0642. The van der Waals surface area contributed by atoms with Crippen molar-refractivity contribution in [2.24, 2.45) is 0 Å². The van der Waals surface area contributed by atoms with Gasteiger partial charge in [-0.25, -0.2) is 8.42 Å². The van der Waals surface area contributed by atoms with Crippen LogP contribution in [0, 0.1) is 0 Å². The molecular formula is C22H28N2O5S. The first kappa shape index (κ1) is 22.1. The van der Waals surface area contributed by atoms with E-state index in [0.29, 0.717) is 56.4 Å². The maximum atomic E-state index is 12.9. The molecule has 1 aliphatic heterocycles. The molecule has 0 N–H and O–H groups in total. The Morgan fingerprint density at radius 3 is 2.33 bits per heavy atom. The molecule has 2 aromatic carbocycles. The highest BCUT2D eigenvalue weighted by molar-refractivity contribution is 7.90. The van der Waals surface area contributed by atoms with Gasteiger partial charge in [0.1, 0.15) is 16.4 Å². The van der Waals surface area contributed by atoms with Crippen molar-refractivity contribution in [3.63, 3.8) is 0 Å². The summed E-state index contributed by atoms with van der Waals surface area (Å²) in [4.78, 5) is 16.8. The molecule has 1 heterocycles. The highest BCUT2D eigenvalue weighted by Gasteiger charge is 2.23. The fraction of sp³-hybridized carbons (Fsp3) is 0.409. The van der Waals surface area contributed by atoms with Gasteiger partial charge >= 0.3 is 0 Å². The van der Waals surface area contributed by atoms with E-state index in [9.17, 15) is 13.2 Å². The summed E-state index contributed by atoms with van der Waals surface area (Å²) in [5.74, 6) is 1.18. The van der Waals surface area contributed by atoms with E-state index in [1.54, 1.807) is 30.2 Å². The van der Waals surface area contributed by atoms with Gasteiger partial charge in [-0.3, -0.25) is 9.69 Å². The molecule has 1 saturated heterocycles. The van der Waals surface area contributed by atoms with E-state index in [4.69, 9.17) is 9.47 Å². The predicted molar refractivity (Wildman–Crippen MR) is 116 cm³/mol. The molecule has 0 saturated carbocycles.